The van der Waals surface area contributed by atoms with Gasteiger partial charge in [-0.05, 0) is 29.5 Å². The summed E-state index contributed by atoms with van der Waals surface area (Å²) in [5, 5.41) is 0. The Morgan fingerprint density at radius 2 is 1.35 bits per heavy atom. The predicted molar refractivity (Wildman–Crippen MR) is 48.9 cm³/mol. The Labute approximate surface area is 105 Å². The predicted octanol–water partition coefficient (Wildman–Crippen LogP) is 3.69. The molecule has 0 radical (unpaired) electrons. The van der Waals surface area contributed by atoms with Crippen LogP contribution in [-0.4, -0.2) is 27.6 Å². The average Bonchev–Trinajstić information content (AvgIpc) is 1.95. The summed E-state index contributed by atoms with van der Waals surface area (Å²) in [5.41, 5.74) is -3.99. The number of hydrogen-bond acceptors (Lipinski definition) is 2. The first kappa shape index (κ1) is 15.2. The molecule has 0 aromatic rings. The van der Waals surface area contributed by atoms with Gasteiger partial charge in [-0.25, -0.2) is 4.39 Å². The Hall–Kier alpha value is 0.160. The second kappa shape index (κ2) is 3.59. The maximum absolute atomic E-state index is 13.6. The van der Waals surface area contributed by atoms with E-state index in [0.717, 1.165) is 0 Å². The second-order valence-electron chi connectivity index (χ2n) is 3.69. The Morgan fingerprint density at radius 1 is 0.941 bits per heavy atom. The van der Waals surface area contributed by atoms with E-state index in [1.165, 1.54) is 0 Å². The highest BCUT2D eigenvalue weighted by Crippen LogP contribution is 2.58. The summed E-state index contributed by atoms with van der Waals surface area (Å²) in [4.78, 5) is 0. The lowest BCUT2D eigenvalue weighted by atomic mass is 10.0. The standard InChI is InChI=1S/C7H6F7IO2/c1-3(5(9,10)11)7(14,15)17-4(2,8)6(12,13)16-3/h1-2H3. The van der Waals surface area contributed by atoms with Crippen LogP contribution >= 0.6 is 22.6 Å². The van der Waals surface area contributed by atoms with Crippen molar-refractivity contribution >= 4 is 22.6 Å². The van der Waals surface area contributed by atoms with Gasteiger partial charge < -0.3 is 0 Å². The fourth-order valence-corrected chi connectivity index (χ4v) is 1.86. The summed E-state index contributed by atoms with van der Waals surface area (Å²) in [6, 6.07) is 0. The van der Waals surface area contributed by atoms with E-state index in [1.54, 1.807) is 0 Å². The lowest BCUT2D eigenvalue weighted by Crippen LogP contribution is -2.71. The lowest BCUT2D eigenvalue weighted by Gasteiger charge is -2.49. The van der Waals surface area contributed by atoms with E-state index in [9.17, 15) is 30.7 Å². The molecule has 0 aromatic carbocycles. The van der Waals surface area contributed by atoms with E-state index >= 15 is 0 Å². The molecule has 0 amide bonds. The van der Waals surface area contributed by atoms with Gasteiger partial charge in [0.2, 0.25) is 5.60 Å². The van der Waals surface area contributed by atoms with Crippen LogP contribution in [0, 0.1) is 0 Å². The van der Waals surface area contributed by atoms with Crippen LogP contribution in [0.5, 0.6) is 0 Å². The Bertz CT molecular complexity index is 327. The van der Waals surface area contributed by atoms with Crippen LogP contribution in [0.2, 0.25) is 0 Å². The average molecular weight is 382 g/mol. The topological polar surface area (TPSA) is 18.5 Å². The van der Waals surface area contributed by atoms with Gasteiger partial charge >= 0.3 is 22.0 Å². The Morgan fingerprint density at radius 3 is 1.71 bits per heavy atom. The van der Waals surface area contributed by atoms with Gasteiger partial charge in [0.1, 0.15) is 0 Å². The molecule has 3 unspecified atom stereocenters. The minimum atomic E-state index is -5.51. The van der Waals surface area contributed by atoms with E-state index in [0.29, 0.717) is 22.6 Å². The summed E-state index contributed by atoms with van der Waals surface area (Å²) >= 11 is 0.430. The summed E-state index contributed by atoms with van der Waals surface area (Å²) in [6.45, 7) is 0.0958. The molecular weight excluding hydrogens is 376 g/mol. The van der Waals surface area contributed by atoms with Gasteiger partial charge in [0, 0.05) is 6.92 Å². The highest BCUT2D eigenvalue weighted by atomic mass is 127. The summed E-state index contributed by atoms with van der Waals surface area (Å²) in [6.07, 6.45) is -10.4. The zero-order valence-corrected chi connectivity index (χ0v) is 10.5. The molecule has 0 bridgehead atoms. The molecule has 17 heavy (non-hydrogen) atoms. The minimum Gasteiger partial charge on any atom is -0.293 e. The normalized spacial score (nSPS) is 46.9. The molecule has 1 aliphatic rings. The molecule has 3 atom stereocenters. The maximum Gasteiger partial charge on any atom is 0.423 e. The van der Waals surface area contributed by atoms with Crippen molar-refractivity contribution in [3.8, 4) is 0 Å². The summed E-state index contributed by atoms with van der Waals surface area (Å²) < 4.78 is 93.3. The molecule has 1 aliphatic heterocycles. The first-order valence-electron chi connectivity index (χ1n) is 4.08. The van der Waals surface area contributed by atoms with Crippen molar-refractivity contribution in [2.24, 2.45) is 0 Å². The Balaban J connectivity index is 3.28. The first-order valence-corrected chi connectivity index (χ1v) is 5.16. The molecule has 102 valence electrons. The van der Waals surface area contributed by atoms with E-state index in [2.05, 4.69) is 9.47 Å². The van der Waals surface area contributed by atoms with Crippen molar-refractivity contribution in [1.29, 1.82) is 0 Å². The zero-order valence-electron chi connectivity index (χ0n) is 8.34. The molecule has 0 N–H and O–H groups in total. The van der Waals surface area contributed by atoms with Gasteiger partial charge in [0.15, 0.2) is 0 Å². The smallest absolute Gasteiger partial charge is 0.293 e. The van der Waals surface area contributed by atoms with Crippen LogP contribution in [0.3, 0.4) is 0 Å². The van der Waals surface area contributed by atoms with E-state index in [4.69, 9.17) is 0 Å². The van der Waals surface area contributed by atoms with Crippen LogP contribution in [0.1, 0.15) is 13.8 Å². The first-order chi connectivity index (χ1) is 7.16. The summed E-state index contributed by atoms with van der Waals surface area (Å²) in [5.74, 6) is -4.01. The van der Waals surface area contributed by atoms with Crippen LogP contribution < -0.4 is 0 Å². The Kier molecular flexibility index (Phi) is 3.21. The zero-order chi connectivity index (χ0) is 13.9. The van der Waals surface area contributed by atoms with E-state index in [-0.39, 0.29) is 13.8 Å². The monoisotopic (exact) mass is 382 g/mol. The molecule has 1 fully saturated rings. The second-order valence-corrected chi connectivity index (χ2v) is 5.07. The number of hydrogen-bond donors (Lipinski definition) is 0. The highest BCUT2D eigenvalue weighted by Gasteiger charge is 2.78. The fourth-order valence-electron chi connectivity index (χ4n) is 1.03. The van der Waals surface area contributed by atoms with Gasteiger partial charge in [-0.1, -0.05) is 0 Å². The summed E-state index contributed by atoms with van der Waals surface area (Å²) in [7, 11) is 0. The largest absolute Gasteiger partial charge is 0.423 e. The van der Waals surface area contributed by atoms with Gasteiger partial charge in [-0.3, -0.25) is 9.47 Å². The SMILES string of the molecule is CC1(F)OC(F)(I)C(C)(C(F)(F)F)OC1(F)F. The van der Waals surface area contributed by atoms with Crippen molar-refractivity contribution < 1.29 is 40.2 Å². The molecular formula is C7H6F7IO2. The molecule has 0 spiro atoms. The molecule has 1 rings (SSSR count). The van der Waals surface area contributed by atoms with Gasteiger partial charge in [0.05, 0.1) is 0 Å². The van der Waals surface area contributed by atoms with Gasteiger partial charge in [0.25, 0.3) is 0 Å². The molecule has 2 nitrogen and oxygen atoms in total. The third-order valence-electron chi connectivity index (χ3n) is 2.27. The maximum atomic E-state index is 13.6. The minimum absolute atomic E-state index is 0.0165. The van der Waals surface area contributed by atoms with Crippen LogP contribution in [-0.2, 0) is 9.47 Å². The van der Waals surface area contributed by atoms with Crippen LogP contribution in [0.15, 0.2) is 0 Å². The van der Waals surface area contributed by atoms with Crippen molar-refractivity contribution in [2.75, 3.05) is 0 Å². The molecule has 1 heterocycles. The molecule has 1 saturated heterocycles. The number of halogens is 8. The fraction of sp³-hybridized carbons (Fsp3) is 1.00. The molecule has 0 saturated carbocycles. The number of ether oxygens (including phenoxy) is 2. The third kappa shape index (κ3) is 2.11. The van der Waals surface area contributed by atoms with Crippen molar-refractivity contribution in [3.05, 3.63) is 0 Å². The van der Waals surface area contributed by atoms with Crippen LogP contribution in [0.25, 0.3) is 0 Å². The lowest BCUT2D eigenvalue weighted by molar-refractivity contribution is -0.515. The van der Waals surface area contributed by atoms with Gasteiger partial charge in [-0.2, -0.15) is 26.3 Å². The van der Waals surface area contributed by atoms with E-state index in [1.807, 2.05) is 0 Å². The third-order valence-corrected chi connectivity index (χ3v) is 3.52. The molecule has 0 aliphatic carbocycles. The quantitative estimate of drug-likeness (QED) is 0.362. The number of alkyl halides is 8. The molecule has 0 aromatic heterocycles. The number of rotatable bonds is 0. The van der Waals surface area contributed by atoms with Crippen LogP contribution in [0.4, 0.5) is 30.7 Å². The molecule has 10 heteroatoms. The van der Waals surface area contributed by atoms with E-state index < -0.39 is 27.6 Å². The van der Waals surface area contributed by atoms with Crippen molar-refractivity contribution in [3.63, 3.8) is 0 Å². The van der Waals surface area contributed by atoms with Crippen molar-refractivity contribution in [1.82, 2.24) is 0 Å². The van der Waals surface area contributed by atoms with Crippen molar-refractivity contribution in [2.45, 2.75) is 41.4 Å². The van der Waals surface area contributed by atoms with Gasteiger partial charge in [-0.15, -0.1) is 0 Å². The highest BCUT2D eigenvalue weighted by molar-refractivity contribution is 14.1.